The molecule has 2 aliphatic carbocycles. The summed E-state index contributed by atoms with van der Waals surface area (Å²) in [4.78, 5) is 11.9. The van der Waals surface area contributed by atoms with Crippen LogP contribution >= 0.6 is 0 Å². The number of hydrogen-bond donors (Lipinski definition) is 2. The van der Waals surface area contributed by atoms with Crippen molar-refractivity contribution in [2.75, 3.05) is 7.11 Å². The number of fused-ring (bicyclic) bond motifs is 3. The van der Waals surface area contributed by atoms with Gasteiger partial charge in [0.15, 0.2) is 12.6 Å². The van der Waals surface area contributed by atoms with Gasteiger partial charge in [0.05, 0.1) is 5.60 Å². The van der Waals surface area contributed by atoms with Gasteiger partial charge in [0.1, 0.15) is 17.8 Å². The Kier molecular flexibility index (Phi) is 5.34. The van der Waals surface area contributed by atoms with E-state index in [9.17, 15) is 15.0 Å². The minimum absolute atomic E-state index is 0.0114. The summed E-state index contributed by atoms with van der Waals surface area (Å²) in [6.45, 7) is 10.5. The molecule has 2 N–H and O–H groups in total. The SMILES string of the molecule is CO[C@H]1OC2O[C@]3(CC[C@@]2(O)[C@@H]1O)[C@H](C)C[C@@H](OC(C)=O)C1C(C)(C)CCC[C@@]13C. The van der Waals surface area contributed by atoms with Crippen LogP contribution in [0, 0.1) is 22.7 Å². The van der Waals surface area contributed by atoms with Crippen LogP contribution in [0.15, 0.2) is 0 Å². The molecule has 172 valence electrons. The summed E-state index contributed by atoms with van der Waals surface area (Å²) in [5.74, 6) is -0.00512. The molecule has 0 amide bonds. The molecule has 30 heavy (non-hydrogen) atoms. The minimum atomic E-state index is -1.48. The van der Waals surface area contributed by atoms with Crippen molar-refractivity contribution in [2.24, 2.45) is 22.7 Å². The van der Waals surface area contributed by atoms with Crippen LogP contribution < -0.4 is 0 Å². The van der Waals surface area contributed by atoms with Gasteiger partial charge in [-0.15, -0.1) is 0 Å². The number of hydrogen-bond acceptors (Lipinski definition) is 7. The average molecular weight is 427 g/mol. The third-order valence-electron chi connectivity index (χ3n) is 8.97. The second-order valence-electron chi connectivity index (χ2n) is 11.0. The molecule has 2 aliphatic heterocycles. The molecule has 0 aromatic heterocycles. The molecule has 7 nitrogen and oxygen atoms in total. The van der Waals surface area contributed by atoms with Crippen LogP contribution in [0.5, 0.6) is 0 Å². The van der Waals surface area contributed by atoms with Crippen LogP contribution in [-0.2, 0) is 23.7 Å². The van der Waals surface area contributed by atoms with E-state index in [0.717, 1.165) is 19.3 Å². The Hall–Kier alpha value is -0.730. The molecule has 2 heterocycles. The first kappa shape index (κ1) is 22.5. The van der Waals surface area contributed by atoms with Gasteiger partial charge in [-0.2, -0.15) is 0 Å². The molecule has 2 unspecified atom stereocenters. The number of ether oxygens (including phenoxy) is 4. The van der Waals surface area contributed by atoms with E-state index in [4.69, 9.17) is 18.9 Å². The first-order valence-corrected chi connectivity index (χ1v) is 11.3. The Morgan fingerprint density at radius 1 is 1.13 bits per heavy atom. The molecule has 1 spiro atoms. The van der Waals surface area contributed by atoms with E-state index >= 15 is 0 Å². The van der Waals surface area contributed by atoms with E-state index in [2.05, 4.69) is 27.7 Å². The highest BCUT2D eigenvalue weighted by Crippen LogP contribution is 2.67. The molecular weight excluding hydrogens is 388 g/mol. The van der Waals surface area contributed by atoms with Crippen molar-refractivity contribution in [3.05, 3.63) is 0 Å². The maximum Gasteiger partial charge on any atom is 0.302 e. The zero-order valence-corrected chi connectivity index (χ0v) is 19.1. The zero-order chi connectivity index (χ0) is 22.1. The van der Waals surface area contributed by atoms with Crippen molar-refractivity contribution in [1.82, 2.24) is 0 Å². The first-order valence-electron chi connectivity index (χ1n) is 11.3. The summed E-state index contributed by atoms with van der Waals surface area (Å²) in [6.07, 6.45) is 1.66. The van der Waals surface area contributed by atoms with Gasteiger partial charge in [-0.05, 0) is 43.4 Å². The first-order chi connectivity index (χ1) is 13.9. The molecule has 2 saturated carbocycles. The highest BCUT2D eigenvalue weighted by atomic mass is 16.8. The fraction of sp³-hybridized carbons (Fsp3) is 0.957. The number of carbonyl (C=O) groups is 1. The average Bonchev–Trinajstić information content (AvgIpc) is 2.89. The molecular formula is C23H38O7. The van der Waals surface area contributed by atoms with Crippen molar-refractivity contribution < 1.29 is 34.0 Å². The minimum Gasteiger partial charge on any atom is -0.462 e. The standard InChI is InChI=1S/C23H38O7/c1-13-12-15(28-14(2)24)16-20(3,4)8-7-9-21(16,5)23(13)11-10-22(26)17(25)18(27-6)29-19(22)30-23/h13,15-19,25-26H,7-12H2,1-6H3/t13-,15-,16?,17-,18+,19?,21+,22-,23-/m1/s1. The van der Waals surface area contributed by atoms with Gasteiger partial charge in [-0.1, -0.05) is 34.1 Å². The van der Waals surface area contributed by atoms with Gasteiger partial charge in [-0.25, -0.2) is 0 Å². The Balaban J connectivity index is 1.74. The van der Waals surface area contributed by atoms with Gasteiger partial charge in [-0.3, -0.25) is 4.79 Å². The fourth-order valence-electron chi connectivity index (χ4n) is 7.73. The molecule has 0 bridgehead atoms. The summed E-state index contributed by atoms with van der Waals surface area (Å²) in [6, 6.07) is 0. The summed E-state index contributed by atoms with van der Waals surface area (Å²) in [7, 11) is 1.46. The van der Waals surface area contributed by atoms with Crippen LogP contribution in [0.25, 0.3) is 0 Å². The van der Waals surface area contributed by atoms with Crippen molar-refractivity contribution >= 4 is 5.97 Å². The van der Waals surface area contributed by atoms with E-state index in [1.54, 1.807) is 0 Å². The highest BCUT2D eigenvalue weighted by Gasteiger charge is 2.71. The lowest BCUT2D eigenvalue weighted by Crippen LogP contribution is -2.71. The third-order valence-corrected chi connectivity index (χ3v) is 8.97. The smallest absolute Gasteiger partial charge is 0.302 e. The van der Waals surface area contributed by atoms with Crippen LogP contribution in [0.2, 0.25) is 0 Å². The summed E-state index contributed by atoms with van der Waals surface area (Å²) in [5, 5.41) is 21.8. The molecule has 9 atom stereocenters. The Bertz CT molecular complexity index is 695. The maximum atomic E-state index is 11.9. The number of aliphatic hydroxyl groups excluding tert-OH is 1. The van der Waals surface area contributed by atoms with Crippen LogP contribution in [0.1, 0.15) is 73.1 Å². The number of rotatable bonds is 2. The predicted molar refractivity (Wildman–Crippen MR) is 108 cm³/mol. The molecule has 2 saturated heterocycles. The number of methoxy groups -OCH3 is 1. The second kappa shape index (κ2) is 7.14. The fourth-order valence-corrected chi connectivity index (χ4v) is 7.73. The second-order valence-corrected chi connectivity index (χ2v) is 11.0. The Morgan fingerprint density at radius 3 is 2.47 bits per heavy atom. The van der Waals surface area contributed by atoms with Gasteiger partial charge in [0.2, 0.25) is 0 Å². The third kappa shape index (κ3) is 2.92. The lowest BCUT2D eigenvalue weighted by Gasteiger charge is -2.68. The van der Waals surface area contributed by atoms with Gasteiger partial charge < -0.3 is 29.2 Å². The number of aliphatic hydroxyl groups is 2. The molecule has 0 aromatic rings. The van der Waals surface area contributed by atoms with E-state index in [0.29, 0.717) is 19.3 Å². The highest BCUT2D eigenvalue weighted by molar-refractivity contribution is 5.66. The molecule has 4 aliphatic rings. The molecule has 0 radical (unpaired) electrons. The zero-order valence-electron chi connectivity index (χ0n) is 19.1. The predicted octanol–water partition coefficient (Wildman–Crippen LogP) is 2.76. The lowest BCUT2D eigenvalue weighted by molar-refractivity contribution is -0.362. The molecule has 7 heteroatoms. The van der Waals surface area contributed by atoms with Crippen molar-refractivity contribution in [1.29, 1.82) is 0 Å². The number of carbonyl (C=O) groups excluding carboxylic acids is 1. The van der Waals surface area contributed by atoms with Crippen LogP contribution in [-0.4, -0.2) is 59.3 Å². The van der Waals surface area contributed by atoms with Crippen molar-refractivity contribution in [3.8, 4) is 0 Å². The summed E-state index contributed by atoms with van der Waals surface area (Å²) in [5.41, 5.74) is -2.28. The van der Waals surface area contributed by atoms with Gasteiger partial charge in [0.25, 0.3) is 0 Å². The molecule has 4 rings (SSSR count). The number of esters is 1. The molecule has 4 fully saturated rings. The largest absolute Gasteiger partial charge is 0.462 e. The molecule has 0 aromatic carbocycles. The Morgan fingerprint density at radius 2 is 1.83 bits per heavy atom. The van der Waals surface area contributed by atoms with Crippen LogP contribution in [0.3, 0.4) is 0 Å². The summed E-state index contributed by atoms with van der Waals surface area (Å²) >= 11 is 0. The van der Waals surface area contributed by atoms with E-state index < -0.39 is 29.9 Å². The maximum absolute atomic E-state index is 11.9. The van der Waals surface area contributed by atoms with Crippen molar-refractivity contribution in [3.63, 3.8) is 0 Å². The Labute approximate surface area is 179 Å². The quantitative estimate of drug-likeness (QED) is 0.656. The van der Waals surface area contributed by atoms with E-state index in [1.165, 1.54) is 14.0 Å². The van der Waals surface area contributed by atoms with E-state index in [-0.39, 0.29) is 34.7 Å². The van der Waals surface area contributed by atoms with Crippen molar-refractivity contribution in [2.45, 2.75) is 109 Å². The van der Waals surface area contributed by atoms with Gasteiger partial charge in [0, 0.05) is 25.4 Å². The van der Waals surface area contributed by atoms with E-state index in [1.807, 2.05) is 0 Å². The van der Waals surface area contributed by atoms with Gasteiger partial charge >= 0.3 is 5.97 Å². The monoisotopic (exact) mass is 426 g/mol. The normalized spacial score (nSPS) is 52.5. The lowest BCUT2D eigenvalue weighted by atomic mass is 9.42. The van der Waals surface area contributed by atoms with Crippen LogP contribution in [0.4, 0.5) is 0 Å². The topological polar surface area (TPSA) is 94.5 Å². The summed E-state index contributed by atoms with van der Waals surface area (Å²) < 4.78 is 23.7.